The van der Waals surface area contributed by atoms with E-state index in [-0.39, 0.29) is 6.04 Å². The van der Waals surface area contributed by atoms with Gasteiger partial charge in [-0.15, -0.1) is 0 Å². The molecule has 1 unspecified atom stereocenters. The first-order valence-electron chi connectivity index (χ1n) is 5.43. The molecule has 1 aromatic carbocycles. The molecule has 0 aromatic heterocycles. The first-order chi connectivity index (χ1) is 7.20. The number of rotatable bonds is 5. The topological polar surface area (TPSA) is 20.3 Å². The molecule has 0 N–H and O–H groups in total. The van der Waals surface area contributed by atoms with Gasteiger partial charge < -0.3 is 4.90 Å². The number of hydrogen-bond donors (Lipinski definition) is 0. The summed E-state index contributed by atoms with van der Waals surface area (Å²) in [6.07, 6.45) is 3.00. The third-order valence-electron chi connectivity index (χ3n) is 2.77. The normalized spacial score (nSPS) is 12.2. The second-order valence-corrected chi connectivity index (χ2v) is 3.93. The van der Waals surface area contributed by atoms with Crippen LogP contribution in [0.15, 0.2) is 24.3 Å². The second kappa shape index (κ2) is 5.54. The van der Waals surface area contributed by atoms with Gasteiger partial charge in [0.2, 0.25) is 6.41 Å². The fourth-order valence-electron chi connectivity index (χ4n) is 1.89. The van der Waals surface area contributed by atoms with Crippen molar-refractivity contribution in [2.24, 2.45) is 0 Å². The molecule has 0 radical (unpaired) electrons. The molecule has 2 nitrogen and oxygen atoms in total. The lowest BCUT2D eigenvalue weighted by Crippen LogP contribution is -2.23. The van der Waals surface area contributed by atoms with Gasteiger partial charge in [0.1, 0.15) is 0 Å². The van der Waals surface area contributed by atoms with Gasteiger partial charge in [0.15, 0.2) is 0 Å². The Morgan fingerprint density at radius 1 is 1.40 bits per heavy atom. The second-order valence-electron chi connectivity index (χ2n) is 3.93. The number of amides is 1. The molecule has 0 bridgehead atoms. The smallest absolute Gasteiger partial charge is 0.209 e. The maximum Gasteiger partial charge on any atom is 0.209 e. The maximum absolute atomic E-state index is 10.8. The number of nitrogens with zero attached hydrogens (tertiary/aromatic N) is 1. The zero-order chi connectivity index (χ0) is 11.3. The number of hydrogen-bond acceptors (Lipinski definition) is 1. The lowest BCUT2D eigenvalue weighted by molar-refractivity contribution is -0.119. The number of carbonyl (C=O) groups is 1. The summed E-state index contributed by atoms with van der Waals surface area (Å²) in [4.78, 5) is 12.6. The minimum absolute atomic E-state index is 0.216. The molecule has 0 aliphatic rings. The Kier molecular flexibility index (Phi) is 4.35. The quantitative estimate of drug-likeness (QED) is 0.677. The summed E-state index contributed by atoms with van der Waals surface area (Å²) in [6, 6.07) is 8.48. The molecular formula is C13H19NO. The highest BCUT2D eigenvalue weighted by molar-refractivity contribution is 5.48. The summed E-state index contributed by atoms with van der Waals surface area (Å²) < 4.78 is 0. The molecule has 0 aliphatic heterocycles. The van der Waals surface area contributed by atoms with Crippen LogP contribution in [0.5, 0.6) is 0 Å². The largest absolute Gasteiger partial charge is 0.341 e. The zero-order valence-corrected chi connectivity index (χ0v) is 9.73. The van der Waals surface area contributed by atoms with Crippen molar-refractivity contribution < 1.29 is 4.79 Å². The number of aryl methyl sites for hydroxylation is 1. The number of benzene rings is 1. The summed E-state index contributed by atoms with van der Waals surface area (Å²) in [6.45, 7) is 4.24. The van der Waals surface area contributed by atoms with Gasteiger partial charge >= 0.3 is 0 Å². The maximum atomic E-state index is 10.8. The van der Waals surface area contributed by atoms with Crippen molar-refractivity contribution in [1.29, 1.82) is 0 Å². The minimum Gasteiger partial charge on any atom is -0.341 e. The Balaban J connectivity index is 2.98. The average molecular weight is 205 g/mol. The molecule has 0 aliphatic carbocycles. The van der Waals surface area contributed by atoms with Crippen LogP contribution >= 0.6 is 0 Å². The molecule has 15 heavy (non-hydrogen) atoms. The third kappa shape index (κ3) is 2.82. The predicted molar refractivity (Wildman–Crippen MR) is 62.7 cm³/mol. The van der Waals surface area contributed by atoms with Gasteiger partial charge in [-0.1, -0.05) is 37.6 Å². The van der Waals surface area contributed by atoms with E-state index in [0.29, 0.717) is 0 Å². The van der Waals surface area contributed by atoms with Crippen LogP contribution < -0.4 is 0 Å². The Labute approximate surface area is 91.9 Å². The Hall–Kier alpha value is -1.31. The molecule has 1 aromatic rings. The van der Waals surface area contributed by atoms with Crippen LogP contribution in [-0.4, -0.2) is 18.4 Å². The Morgan fingerprint density at radius 2 is 2.07 bits per heavy atom. The monoisotopic (exact) mass is 205 g/mol. The molecule has 1 amide bonds. The Morgan fingerprint density at radius 3 is 2.60 bits per heavy atom. The van der Waals surface area contributed by atoms with Crippen molar-refractivity contribution in [2.75, 3.05) is 7.05 Å². The van der Waals surface area contributed by atoms with E-state index in [2.05, 4.69) is 26.0 Å². The van der Waals surface area contributed by atoms with E-state index >= 15 is 0 Å². The predicted octanol–water partition coefficient (Wildman–Crippen LogP) is 2.92. The summed E-state index contributed by atoms with van der Waals surface area (Å²) in [7, 11) is 1.85. The molecule has 0 spiro atoms. The van der Waals surface area contributed by atoms with Gasteiger partial charge in [0, 0.05) is 7.05 Å². The fraction of sp³-hybridized carbons (Fsp3) is 0.462. The van der Waals surface area contributed by atoms with Crippen molar-refractivity contribution >= 4 is 6.41 Å². The SMILES string of the molecule is CCCC(c1ccccc1C)N(C)C=O. The summed E-state index contributed by atoms with van der Waals surface area (Å²) in [5.41, 5.74) is 2.51. The molecule has 2 heteroatoms. The first kappa shape index (κ1) is 11.8. The molecule has 82 valence electrons. The first-order valence-corrected chi connectivity index (χ1v) is 5.43. The lowest BCUT2D eigenvalue weighted by Gasteiger charge is -2.26. The average Bonchev–Trinajstić information content (AvgIpc) is 2.26. The van der Waals surface area contributed by atoms with E-state index in [1.165, 1.54) is 11.1 Å². The van der Waals surface area contributed by atoms with Gasteiger partial charge in [-0.2, -0.15) is 0 Å². The van der Waals surface area contributed by atoms with Gasteiger partial charge in [-0.25, -0.2) is 0 Å². The van der Waals surface area contributed by atoms with E-state index in [0.717, 1.165) is 19.3 Å². The highest BCUT2D eigenvalue weighted by Crippen LogP contribution is 2.25. The van der Waals surface area contributed by atoms with Crippen LogP contribution in [-0.2, 0) is 4.79 Å². The minimum atomic E-state index is 0.216. The van der Waals surface area contributed by atoms with Crippen molar-refractivity contribution in [3.63, 3.8) is 0 Å². The van der Waals surface area contributed by atoms with Gasteiger partial charge in [-0.3, -0.25) is 4.79 Å². The van der Waals surface area contributed by atoms with E-state index in [9.17, 15) is 4.79 Å². The van der Waals surface area contributed by atoms with Crippen LogP contribution in [0.1, 0.15) is 36.9 Å². The van der Waals surface area contributed by atoms with Gasteiger partial charge in [0.05, 0.1) is 6.04 Å². The molecule has 1 atom stereocenters. The molecule has 0 heterocycles. The van der Waals surface area contributed by atoms with Crippen molar-refractivity contribution in [2.45, 2.75) is 32.7 Å². The molecule has 0 saturated carbocycles. The van der Waals surface area contributed by atoms with E-state index in [1.807, 2.05) is 19.2 Å². The van der Waals surface area contributed by atoms with Crippen LogP contribution in [0.4, 0.5) is 0 Å². The molecule has 1 rings (SSSR count). The van der Waals surface area contributed by atoms with Gasteiger partial charge in [0.25, 0.3) is 0 Å². The van der Waals surface area contributed by atoms with E-state index in [1.54, 1.807) is 4.90 Å². The summed E-state index contributed by atoms with van der Waals surface area (Å²) in [5, 5.41) is 0. The van der Waals surface area contributed by atoms with Crippen LogP contribution in [0, 0.1) is 6.92 Å². The highest BCUT2D eigenvalue weighted by Gasteiger charge is 2.15. The van der Waals surface area contributed by atoms with Crippen molar-refractivity contribution in [1.82, 2.24) is 4.90 Å². The fourth-order valence-corrected chi connectivity index (χ4v) is 1.89. The third-order valence-corrected chi connectivity index (χ3v) is 2.77. The molecule has 0 saturated heterocycles. The molecule has 0 fully saturated rings. The Bertz CT molecular complexity index is 322. The van der Waals surface area contributed by atoms with Crippen LogP contribution in [0.25, 0.3) is 0 Å². The standard InChI is InChI=1S/C13H19NO/c1-4-7-13(14(3)10-15)12-9-6-5-8-11(12)2/h5-6,8-10,13H,4,7H2,1-3H3. The summed E-state index contributed by atoms with van der Waals surface area (Å²) in [5.74, 6) is 0. The van der Waals surface area contributed by atoms with E-state index in [4.69, 9.17) is 0 Å². The summed E-state index contributed by atoms with van der Waals surface area (Å²) >= 11 is 0. The molecular weight excluding hydrogens is 186 g/mol. The van der Waals surface area contributed by atoms with Crippen LogP contribution in [0.2, 0.25) is 0 Å². The zero-order valence-electron chi connectivity index (χ0n) is 9.73. The van der Waals surface area contributed by atoms with Crippen LogP contribution in [0.3, 0.4) is 0 Å². The van der Waals surface area contributed by atoms with Crippen molar-refractivity contribution in [3.8, 4) is 0 Å². The van der Waals surface area contributed by atoms with Crippen molar-refractivity contribution in [3.05, 3.63) is 35.4 Å². The lowest BCUT2D eigenvalue weighted by atomic mass is 9.97. The van der Waals surface area contributed by atoms with Gasteiger partial charge in [-0.05, 0) is 24.5 Å². The van der Waals surface area contributed by atoms with E-state index < -0.39 is 0 Å². The number of carbonyl (C=O) groups excluding carboxylic acids is 1. The highest BCUT2D eigenvalue weighted by atomic mass is 16.1.